The molecule has 1 rings (SSSR count). The van der Waals surface area contributed by atoms with Crippen LogP contribution in [0.5, 0.6) is 0 Å². The summed E-state index contributed by atoms with van der Waals surface area (Å²) in [6.07, 6.45) is -4.41. The lowest BCUT2D eigenvalue weighted by atomic mass is 10.1. The predicted molar refractivity (Wildman–Crippen MR) is 71.0 cm³/mol. The molecule has 6 heteroatoms. The minimum absolute atomic E-state index is 0.0594. The Labute approximate surface area is 116 Å². The first-order chi connectivity index (χ1) is 9.09. The van der Waals surface area contributed by atoms with Crippen molar-refractivity contribution in [1.82, 2.24) is 10.6 Å². The third-order valence-corrected chi connectivity index (χ3v) is 2.58. The summed E-state index contributed by atoms with van der Waals surface area (Å²) in [4.78, 5) is 11.6. The molecule has 20 heavy (non-hydrogen) atoms. The van der Waals surface area contributed by atoms with E-state index in [0.29, 0.717) is 0 Å². The molecule has 112 valence electrons. The van der Waals surface area contributed by atoms with Gasteiger partial charge in [-0.3, -0.25) is 4.79 Å². The van der Waals surface area contributed by atoms with Crippen LogP contribution in [-0.2, 0) is 17.5 Å². The molecule has 2 N–H and O–H groups in total. The molecule has 1 amide bonds. The smallest absolute Gasteiger partial charge is 0.351 e. The van der Waals surface area contributed by atoms with Crippen LogP contribution in [0.15, 0.2) is 24.3 Å². The van der Waals surface area contributed by atoms with E-state index in [1.54, 1.807) is 0 Å². The fourth-order valence-electron chi connectivity index (χ4n) is 1.55. The number of hydrogen-bond acceptors (Lipinski definition) is 2. The zero-order valence-corrected chi connectivity index (χ0v) is 11.8. The number of carbonyl (C=O) groups is 1. The normalized spacial score (nSPS) is 12.3. The molecule has 0 aromatic heterocycles. The number of carbonyl (C=O) groups excluding carboxylic acids is 1. The van der Waals surface area contributed by atoms with Crippen molar-refractivity contribution in [3.63, 3.8) is 0 Å². The van der Waals surface area contributed by atoms with Gasteiger partial charge in [-0.15, -0.1) is 0 Å². The van der Waals surface area contributed by atoms with E-state index in [1.165, 1.54) is 18.2 Å². The first-order valence-electron chi connectivity index (χ1n) is 6.26. The van der Waals surface area contributed by atoms with Crippen LogP contribution in [-0.4, -0.2) is 18.0 Å². The Morgan fingerprint density at radius 3 is 2.30 bits per heavy atom. The molecule has 0 saturated carbocycles. The summed E-state index contributed by atoms with van der Waals surface area (Å²) in [5, 5.41) is 5.45. The van der Waals surface area contributed by atoms with Gasteiger partial charge in [0.25, 0.3) is 0 Å². The van der Waals surface area contributed by atoms with Crippen LogP contribution in [0.4, 0.5) is 13.2 Å². The summed E-state index contributed by atoms with van der Waals surface area (Å²) >= 11 is 0. The zero-order chi connectivity index (χ0) is 15.4. The zero-order valence-electron chi connectivity index (χ0n) is 11.8. The van der Waals surface area contributed by atoms with Gasteiger partial charge in [-0.2, -0.15) is 13.2 Å². The van der Waals surface area contributed by atoms with Gasteiger partial charge in [0.2, 0.25) is 5.91 Å². The third kappa shape index (κ3) is 5.61. The maximum Gasteiger partial charge on any atom is 0.416 e. The van der Waals surface area contributed by atoms with Gasteiger partial charge >= 0.3 is 6.18 Å². The Kier molecular flexibility index (Phi) is 5.16. The van der Waals surface area contributed by atoms with Crippen LogP contribution in [0.3, 0.4) is 0 Å². The Morgan fingerprint density at radius 2 is 1.75 bits per heavy atom. The Balaban J connectivity index is 2.60. The number of hydrogen-bond donors (Lipinski definition) is 2. The number of alkyl halides is 3. The summed E-state index contributed by atoms with van der Waals surface area (Å²) in [5.74, 6) is -0.336. The number of benzene rings is 1. The molecule has 3 nitrogen and oxygen atoms in total. The van der Waals surface area contributed by atoms with Crippen LogP contribution < -0.4 is 10.6 Å². The van der Waals surface area contributed by atoms with E-state index < -0.39 is 11.7 Å². The van der Waals surface area contributed by atoms with Gasteiger partial charge in [0.1, 0.15) is 0 Å². The lowest BCUT2D eigenvalue weighted by Gasteiger charge is -2.20. The highest BCUT2D eigenvalue weighted by Crippen LogP contribution is 2.31. The minimum Gasteiger partial charge on any atom is -0.351 e. The van der Waals surface area contributed by atoms with Gasteiger partial charge in [-0.25, -0.2) is 0 Å². The summed E-state index contributed by atoms with van der Waals surface area (Å²) in [6.45, 7) is 5.63. The van der Waals surface area contributed by atoms with Gasteiger partial charge in [-0.05, 0) is 32.4 Å². The molecule has 0 bridgehead atoms. The van der Waals surface area contributed by atoms with Crippen molar-refractivity contribution in [2.45, 2.75) is 39.0 Å². The summed E-state index contributed by atoms with van der Waals surface area (Å²) < 4.78 is 38.3. The van der Waals surface area contributed by atoms with Gasteiger partial charge in [-0.1, -0.05) is 18.2 Å². The van der Waals surface area contributed by atoms with E-state index in [9.17, 15) is 18.0 Å². The Hall–Kier alpha value is -1.56. The molecule has 0 aliphatic carbocycles. The second kappa shape index (κ2) is 6.26. The fraction of sp³-hybridized carbons (Fsp3) is 0.500. The molecule has 0 fully saturated rings. The van der Waals surface area contributed by atoms with Crippen molar-refractivity contribution < 1.29 is 18.0 Å². The van der Waals surface area contributed by atoms with E-state index >= 15 is 0 Å². The highest BCUT2D eigenvalue weighted by atomic mass is 19.4. The highest BCUT2D eigenvalue weighted by molar-refractivity contribution is 5.78. The average Bonchev–Trinajstić information content (AvgIpc) is 2.32. The molecule has 1 aromatic carbocycles. The predicted octanol–water partition coefficient (Wildman–Crippen LogP) is 2.71. The summed E-state index contributed by atoms with van der Waals surface area (Å²) in [6, 6.07) is 5.22. The molecular weight excluding hydrogens is 269 g/mol. The maximum absolute atomic E-state index is 12.8. The van der Waals surface area contributed by atoms with E-state index in [-0.39, 0.29) is 30.1 Å². The van der Waals surface area contributed by atoms with Crippen LogP contribution >= 0.6 is 0 Å². The van der Waals surface area contributed by atoms with Crippen LogP contribution in [0, 0.1) is 0 Å². The molecule has 0 aliphatic rings. The van der Waals surface area contributed by atoms with Crippen molar-refractivity contribution in [1.29, 1.82) is 0 Å². The summed E-state index contributed by atoms with van der Waals surface area (Å²) in [5.41, 5.74) is -0.880. The molecule has 0 aliphatic heterocycles. The maximum atomic E-state index is 12.8. The molecular formula is C14H19F3N2O. The minimum atomic E-state index is -4.41. The second-order valence-corrected chi connectivity index (χ2v) is 5.54. The third-order valence-electron chi connectivity index (χ3n) is 2.58. The van der Waals surface area contributed by atoms with Crippen LogP contribution in [0.2, 0.25) is 0 Å². The Morgan fingerprint density at radius 1 is 1.15 bits per heavy atom. The monoisotopic (exact) mass is 288 g/mol. The van der Waals surface area contributed by atoms with Gasteiger partial charge in [0.05, 0.1) is 12.1 Å². The van der Waals surface area contributed by atoms with Crippen molar-refractivity contribution in [2.75, 3.05) is 6.54 Å². The average molecular weight is 288 g/mol. The number of halogens is 3. The lowest BCUT2D eigenvalue weighted by Crippen LogP contribution is -2.43. The van der Waals surface area contributed by atoms with E-state index in [1.807, 2.05) is 20.8 Å². The van der Waals surface area contributed by atoms with Crippen molar-refractivity contribution in [3.05, 3.63) is 35.4 Å². The molecule has 0 unspecified atom stereocenters. The van der Waals surface area contributed by atoms with E-state index in [4.69, 9.17) is 0 Å². The SMILES string of the molecule is CC(C)(C)NCC(=O)NCc1ccccc1C(F)(F)F. The summed E-state index contributed by atoms with van der Waals surface area (Å²) in [7, 11) is 0. The molecule has 1 aromatic rings. The quantitative estimate of drug-likeness (QED) is 0.894. The molecule has 0 radical (unpaired) electrons. The first kappa shape index (κ1) is 16.5. The largest absolute Gasteiger partial charge is 0.416 e. The topological polar surface area (TPSA) is 41.1 Å². The van der Waals surface area contributed by atoms with E-state index in [0.717, 1.165) is 6.07 Å². The van der Waals surface area contributed by atoms with Crippen molar-refractivity contribution in [3.8, 4) is 0 Å². The highest BCUT2D eigenvalue weighted by Gasteiger charge is 2.32. The molecule has 0 atom stereocenters. The van der Waals surface area contributed by atoms with Crippen molar-refractivity contribution >= 4 is 5.91 Å². The first-order valence-corrected chi connectivity index (χ1v) is 6.26. The number of rotatable bonds is 4. The molecule has 0 spiro atoms. The Bertz CT molecular complexity index is 464. The lowest BCUT2D eigenvalue weighted by molar-refractivity contribution is -0.138. The number of amides is 1. The second-order valence-electron chi connectivity index (χ2n) is 5.54. The van der Waals surface area contributed by atoms with Crippen LogP contribution in [0.1, 0.15) is 31.9 Å². The van der Waals surface area contributed by atoms with Gasteiger partial charge in [0, 0.05) is 12.1 Å². The van der Waals surface area contributed by atoms with Gasteiger partial charge in [0.15, 0.2) is 0 Å². The fourth-order valence-corrected chi connectivity index (χ4v) is 1.55. The van der Waals surface area contributed by atoms with Gasteiger partial charge < -0.3 is 10.6 Å². The molecule has 0 saturated heterocycles. The van der Waals surface area contributed by atoms with Crippen LogP contribution in [0.25, 0.3) is 0 Å². The standard InChI is InChI=1S/C14H19F3N2O/c1-13(2,3)19-9-12(20)18-8-10-6-4-5-7-11(10)14(15,16)17/h4-7,19H,8-9H2,1-3H3,(H,18,20). The van der Waals surface area contributed by atoms with E-state index in [2.05, 4.69) is 10.6 Å². The molecule has 0 heterocycles. The van der Waals surface area contributed by atoms with Crippen molar-refractivity contribution in [2.24, 2.45) is 0 Å². The number of nitrogens with one attached hydrogen (secondary N) is 2.